The van der Waals surface area contributed by atoms with Crippen molar-refractivity contribution in [3.05, 3.63) is 29.3 Å². The summed E-state index contributed by atoms with van der Waals surface area (Å²) in [5, 5.41) is 0. The van der Waals surface area contributed by atoms with E-state index in [1.54, 1.807) is 0 Å². The molecular formula is C20H27NO2. The van der Waals surface area contributed by atoms with Crippen LogP contribution in [0.5, 0.6) is 5.75 Å². The van der Waals surface area contributed by atoms with Crippen LogP contribution in [0.15, 0.2) is 18.2 Å². The van der Waals surface area contributed by atoms with Crippen molar-refractivity contribution in [2.45, 2.75) is 51.4 Å². The summed E-state index contributed by atoms with van der Waals surface area (Å²) in [6.07, 6.45) is 6.51. The van der Waals surface area contributed by atoms with Crippen molar-refractivity contribution in [3.63, 3.8) is 0 Å². The molecule has 0 radical (unpaired) electrons. The molecule has 3 aliphatic rings. The molecule has 0 bridgehead atoms. The molecule has 0 heterocycles. The second kappa shape index (κ2) is 5.62. The first-order valence-corrected chi connectivity index (χ1v) is 9.12. The Kier molecular flexibility index (Phi) is 3.72. The molecule has 1 aromatic rings. The minimum Gasteiger partial charge on any atom is -0.492 e. The molecule has 0 aliphatic heterocycles. The second-order valence-electron chi connectivity index (χ2n) is 7.83. The first-order chi connectivity index (χ1) is 11.1. The van der Waals surface area contributed by atoms with Gasteiger partial charge in [-0.05, 0) is 73.1 Å². The number of hydrogen-bond donors (Lipinski definition) is 1. The van der Waals surface area contributed by atoms with Gasteiger partial charge < -0.3 is 10.5 Å². The minimum atomic E-state index is -0.0250. The van der Waals surface area contributed by atoms with Gasteiger partial charge in [-0.2, -0.15) is 0 Å². The summed E-state index contributed by atoms with van der Waals surface area (Å²) in [7, 11) is 0. The van der Waals surface area contributed by atoms with Crippen LogP contribution in [0.25, 0.3) is 0 Å². The monoisotopic (exact) mass is 313 g/mol. The first kappa shape index (κ1) is 15.2. The van der Waals surface area contributed by atoms with Crippen LogP contribution in [0.4, 0.5) is 0 Å². The van der Waals surface area contributed by atoms with E-state index >= 15 is 0 Å². The predicted molar refractivity (Wildman–Crippen MR) is 90.6 cm³/mol. The maximum atomic E-state index is 12.4. The molecular weight excluding hydrogens is 286 g/mol. The number of ketones is 1. The van der Waals surface area contributed by atoms with Crippen LogP contribution in [0.3, 0.4) is 0 Å². The summed E-state index contributed by atoms with van der Waals surface area (Å²) in [6, 6.07) is 6.59. The molecule has 2 N–H and O–H groups in total. The van der Waals surface area contributed by atoms with Crippen LogP contribution in [-0.4, -0.2) is 18.9 Å². The molecule has 0 unspecified atom stereocenters. The van der Waals surface area contributed by atoms with Crippen molar-refractivity contribution in [1.82, 2.24) is 0 Å². The number of fused-ring (bicyclic) bond motifs is 5. The number of carbonyl (C=O) groups is 1. The summed E-state index contributed by atoms with van der Waals surface area (Å²) in [5.41, 5.74) is 8.47. The van der Waals surface area contributed by atoms with E-state index in [9.17, 15) is 4.79 Å². The fraction of sp³-hybridized carbons (Fsp3) is 0.650. The van der Waals surface area contributed by atoms with Crippen molar-refractivity contribution >= 4 is 5.78 Å². The molecule has 4 rings (SSSR count). The van der Waals surface area contributed by atoms with Gasteiger partial charge in [0.15, 0.2) is 0 Å². The molecule has 0 spiro atoms. The van der Waals surface area contributed by atoms with Crippen molar-refractivity contribution in [2.75, 3.05) is 13.2 Å². The van der Waals surface area contributed by atoms with E-state index in [0.717, 1.165) is 31.4 Å². The van der Waals surface area contributed by atoms with E-state index < -0.39 is 0 Å². The highest BCUT2D eigenvalue weighted by Crippen LogP contribution is 2.59. The van der Waals surface area contributed by atoms with E-state index in [-0.39, 0.29) is 5.41 Å². The fourth-order valence-corrected chi connectivity index (χ4v) is 5.60. The van der Waals surface area contributed by atoms with Crippen LogP contribution in [-0.2, 0) is 11.2 Å². The molecule has 1 aromatic carbocycles. The standard InChI is InChI=1S/C20H27NO2/c1-20-9-8-16-15-5-3-14(23-11-10-21)12-13(15)2-4-17(16)18(20)6-7-19(20)22/h3,5,12,16-18H,2,4,6-11,21H2,1H3/t16-,17+,18-,20+/m1/s1. The van der Waals surface area contributed by atoms with E-state index in [1.165, 1.54) is 24.0 Å². The summed E-state index contributed by atoms with van der Waals surface area (Å²) in [4.78, 5) is 12.4. The lowest BCUT2D eigenvalue weighted by atomic mass is 9.55. The number of rotatable bonds is 3. The number of hydrogen-bond acceptors (Lipinski definition) is 3. The van der Waals surface area contributed by atoms with Crippen LogP contribution in [0, 0.1) is 17.3 Å². The molecule has 2 saturated carbocycles. The summed E-state index contributed by atoms with van der Waals surface area (Å²) in [6.45, 7) is 3.37. The lowest BCUT2D eigenvalue weighted by Crippen LogP contribution is -2.42. The highest BCUT2D eigenvalue weighted by molar-refractivity contribution is 5.87. The van der Waals surface area contributed by atoms with Crippen LogP contribution in [0.2, 0.25) is 0 Å². The topological polar surface area (TPSA) is 52.3 Å². The van der Waals surface area contributed by atoms with Crippen LogP contribution in [0.1, 0.15) is 56.1 Å². The Bertz CT molecular complexity index is 626. The van der Waals surface area contributed by atoms with Gasteiger partial charge in [-0.15, -0.1) is 0 Å². The summed E-state index contributed by atoms with van der Waals surface area (Å²) >= 11 is 0. The third kappa shape index (κ3) is 2.32. The van der Waals surface area contributed by atoms with E-state index in [1.807, 2.05) is 0 Å². The smallest absolute Gasteiger partial charge is 0.139 e. The second-order valence-corrected chi connectivity index (χ2v) is 7.83. The number of benzene rings is 1. The van der Waals surface area contributed by atoms with Gasteiger partial charge >= 0.3 is 0 Å². The molecule has 3 aliphatic carbocycles. The highest BCUT2D eigenvalue weighted by Gasteiger charge is 2.54. The number of carbonyl (C=O) groups excluding carboxylic acids is 1. The number of Topliss-reactive ketones (excluding diaryl/α,β-unsaturated/α-hetero) is 1. The Hall–Kier alpha value is -1.35. The van der Waals surface area contributed by atoms with Crippen LogP contribution >= 0.6 is 0 Å². The van der Waals surface area contributed by atoms with Gasteiger partial charge in [0.05, 0.1) is 0 Å². The van der Waals surface area contributed by atoms with E-state index in [0.29, 0.717) is 36.7 Å². The van der Waals surface area contributed by atoms with Crippen molar-refractivity contribution in [3.8, 4) is 5.75 Å². The van der Waals surface area contributed by atoms with Gasteiger partial charge in [0.1, 0.15) is 18.1 Å². The van der Waals surface area contributed by atoms with Crippen molar-refractivity contribution < 1.29 is 9.53 Å². The van der Waals surface area contributed by atoms with E-state index in [2.05, 4.69) is 25.1 Å². The van der Waals surface area contributed by atoms with Gasteiger partial charge in [0.2, 0.25) is 0 Å². The fourth-order valence-electron chi connectivity index (χ4n) is 5.60. The molecule has 3 nitrogen and oxygen atoms in total. The molecule has 0 amide bonds. The average Bonchev–Trinajstić information content (AvgIpc) is 2.88. The lowest BCUT2D eigenvalue weighted by molar-refractivity contribution is -0.129. The lowest BCUT2D eigenvalue weighted by Gasteiger charge is -2.48. The zero-order valence-corrected chi connectivity index (χ0v) is 14.0. The van der Waals surface area contributed by atoms with E-state index in [4.69, 9.17) is 10.5 Å². The maximum absolute atomic E-state index is 12.4. The Labute approximate surface area is 138 Å². The molecule has 4 atom stereocenters. The van der Waals surface area contributed by atoms with Gasteiger partial charge in [-0.25, -0.2) is 0 Å². The van der Waals surface area contributed by atoms with Gasteiger partial charge in [-0.3, -0.25) is 4.79 Å². The summed E-state index contributed by atoms with van der Waals surface area (Å²) < 4.78 is 5.69. The van der Waals surface area contributed by atoms with Crippen LogP contribution < -0.4 is 10.5 Å². The quantitative estimate of drug-likeness (QED) is 0.930. The number of aryl methyl sites for hydroxylation is 1. The third-order valence-electron chi connectivity index (χ3n) is 6.79. The largest absolute Gasteiger partial charge is 0.492 e. The zero-order chi connectivity index (χ0) is 16.0. The minimum absolute atomic E-state index is 0.0250. The molecule has 0 aromatic heterocycles. The van der Waals surface area contributed by atoms with Gasteiger partial charge in [0, 0.05) is 18.4 Å². The SMILES string of the molecule is C[C@]12CC[C@@H]3c4ccc(OCCN)cc4CC[C@@H]3[C@H]1CCC2=O. The normalized spacial score (nSPS) is 35.4. The van der Waals surface area contributed by atoms with Gasteiger partial charge in [-0.1, -0.05) is 13.0 Å². The third-order valence-corrected chi connectivity index (χ3v) is 6.79. The molecule has 0 saturated heterocycles. The van der Waals surface area contributed by atoms with Crippen molar-refractivity contribution in [2.24, 2.45) is 23.0 Å². The first-order valence-electron chi connectivity index (χ1n) is 9.12. The maximum Gasteiger partial charge on any atom is 0.139 e. The molecule has 124 valence electrons. The van der Waals surface area contributed by atoms with Crippen molar-refractivity contribution in [1.29, 1.82) is 0 Å². The molecule has 23 heavy (non-hydrogen) atoms. The zero-order valence-electron chi connectivity index (χ0n) is 14.0. The van der Waals surface area contributed by atoms with Gasteiger partial charge in [0.25, 0.3) is 0 Å². The predicted octanol–water partition coefficient (Wildman–Crippen LogP) is 3.45. The Morgan fingerprint density at radius 1 is 1.26 bits per heavy atom. The summed E-state index contributed by atoms with van der Waals surface area (Å²) in [5.74, 6) is 3.42. The highest BCUT2D eigenvalue weighted by atomic mass is 16.5. The number of nitrogens with two attached hydrogens (primary N) is 1. The Morgan fingerprint density at radius 2 is 2.13 bits per heavy atom. The number of ether oxygens (including phenoxy) is 1. The molecule has 3 heteroatoms. The Balaban J connectivity index is 1.61. The molecule has 2 fully saturated rings. The average molecular weight is 313 g/mol. The Morgan fingerprint density at radius 3 is 2.96 bits per heavy atom.